The molecular formula is C11H20O2. The third kappa shape index (κ3) is 5.56. The van der Waals surface area contributed by atoms with E-state index in [2.05, 4.69) is 13.8 Å². The van der Waals surface area contributed by atoms with Gasteiger partial charge >= 0.3 is 0 Å². The lowest BCUT2D eigenvalue weighted by Crippen LogP contribution is -2.14. The zero-order chi connectivity index (χ0) is 10.3. The fourth-order valence-electron chi connectivity index (χ4n) is 1.09. The number of ketones is 2. The van der Waals surface area contributed by atoms with Gasteiger partial charge in [0.25, 0.3) is 0 Å². The highest BCUT2D eigenvalue weighted by Crippen LogP contribution is 2.10. The van der Waals surface area contributed by atoms with Crippen LogP contribution in [0.25, 0.3) is 0 Å². The van der Waals surface area contributed by atoms with Crippen LogP contribution in [-0.2, 0) is 9.59 Å². The normalized spacial score (nSPS) is 12.5. The molecule has 2 heteroatoms. The molecule has 0 aromatic rings. The van der Waals surface area contributed by atoms with Gasteiger partial charge in [0, 0.05) is 12.8 Å². The van der Waals surface area contributed by atoms with Gasteiger partial charge in [-0.25, -0.2) is 0 Å². The Bertz CT molecular complexity index is 173. The quantitative estimate of drug-likeness (QED) is 0.570. The summed E-state index contributed by atoms with van der Waals surface area (Å²) >= 11 is 0. The van der Waals surface area contributed by atoms with Gasteiger partial charge in [0.05, 0.1) is 0 Å². The van der Waals surface area contributed by atoms with Crippen molar-refractivity contribution < 1.29 is 9.59 Å². The van der Waals surface area contributed by atoms with Crippen molar-refractivity contribution >= 4 is 11.6 Å². The number of carbonyl (C=O) groups is 2. The Balaban J connectivity index is 3.68. The molecule has 0 aliphatic rings. The molecule has 0 saturated heterocycles. The molecular weight excluding hydrogens is 164 g/mol. The van der Waals surface area contributed by atoms with Crippen LogP contribution >= 0.6 is 0 Å². The van der Waals surface area contributed by atoms with E-state index in [-0.39, 0.29) is 11.6 Å². The molecule has 0 N–H and O–H groups in total. The minimum Gasteiger partial charge on any atom is -0.291 e. The van der Waals surface area contributed by atoms with Crippen LogP contribution in [0.5, 0.6) is 0 Å². The van der Waals surface area contributed by atoms with Crippen molar-refractivity contribution in [3.8, 4) is 0 Å². The highest BCUT2D eigenvalue weighted by Gasteiger charge is 2.12. The first-order valence-corrected chi connectivity index (χ1v) is 5.17. The minimum absolute atomic E-state index is 0.179. The molecule has 0 aromatic carbocycles. The van der Waals surface area contributed by atoms with Gasteiger partial charge in [0.2, 0.25) is 0 Å². The van der Waals surface area contributed by atoms with E-state index in [0.29, 0.717) is 18.8 Å². The molecule has 13 heavy (non-hydrogen) atoms. The molecule has 0 saturated carbocycles. The van der Waals surface area contributed by atoms with Gasteiger partial charge in [-0.2, -0.15) is 0 Å². The maximum absolute atomic E-state index is 11.2. The van der Waals surface area contributed by atoms with Crippen LogP contribution in [-0.4, -0.2) is 11.6 Å². The summed E-state index contributed by atoms with van der Waals surface area (Å²) in [6, 6.07) is 0. The van der Waals surface area contributed by atoms with Gasteiger partial charge < -0.3 is 0 Å². The molecule has 0 bridgehead atoms. The van der Waals surface area contributed by atoms with Gasteiger partial charge in [0.1, 0.15) is 0 Å². The van der Waals surface area contributed by atoms with Gasteiger partial charge in [0.15, 0.2) is 11.6 Å². The third-order valence-corrected chi connectivity index (χ3v) is 2.35. The van der Waals surface area contributed by atoms with Crippen LogP contribution in [0.15, 0.2) is 0 Å². The predicted octanol–water partition coefficient (Wildman–Crippen LogP) is 2.75. The highest BCUT2D eigenvalue weighted by molar-refractivity contribution is 6.37. The second kappa shape index (κ2) is 6.81. The molecule has 2 nitrogen and oxygen atoms in total. The van der Waals surface area contributed by atoms with E-state index >= 15 is 0 Å². The van der Waals surface area contributed by atoms with E-state index in [1.807, 2.05) is 6.92 Å². The minimum atomic E-state index is -0.189. The van der Waals surface area contributed by atoms with Crippen molar-refractivity contribution in [2.24, 2.45) is 5.92 Å². The Morgan fingerprint density at radius 1 is 1.08 bits per heavy atom. The maximum atomic E-state index is 11.2. The Labute approximate surface area is 80.7 Å². The summed E-state index contributed by atoms with van der Waals surface area (Å²) in [7, 11) is 0. The SMILES string of the molecule is CCCC(=O)C(=O)CCC(C)CC. The lowest BCUT2D eigenvalue weighted by Gasteiger charge is -2.05. The average Bonchev–Trinajstić information content (AvgIpc) is 2.13. The summed E-state index contributed by atoms with van der Waals surface area (Å²) in [5, 5.41) is 0. The molecule has 0 rings (SSSR count). The summed E-state index contributed by atoms with van der Waals surface area (Å²) in [4.78, 5) is 22.3. The third-order valence-electron chi connectivity index (χ3n) is 2.35. The average molecular weight is 184 g/mol. The highest BCUT2D eigenvalue weighted by atomic mass is 16.2. The molecule has 0 spiro atoms. The van der Waals surface area contributed by atoms with Crippen molar-refractivity contribution in [2.45, 2.75) is 52.9 Å². The van der Waals surface area contributed by atoms with Crippen molar-refractivity contribution in [3.05, 3.63) is 0 Å². The zero-order valence-corrected chi connectivity index (χ0v) is 8.93. The number of hydrogen-bond donors (Lipinski definition) is 0. The van der Waals surface area contributed by atoms with E-state index in [1.165, 1.54) is 0 Å². The second-order valence-corrected chi connectivity index (χ2v) is 3.65. The van der Waals surface area contributed by atoms with Crippen molar-refractivity contribution in [1.82, 2.24) is 0 Å². The van der Waals surface area contributed by atoms with Crippen LogP contribution in [0.2, 0.25) is 0 Å². The van der Waals surface area contributed by atoms with Crippen LogP contribution in [0.1, 0.15) is 52.9 Å². The summed E-state index contributed by atoms with van der Waals surface area (Å²) in [6.45, 7) is 6.13. The first-order valence-electron chi connectivity index (χ1n) is 5.17. The van der Waals surface area contributed by atoms with Crippen LogP contribution in [0.3, 0.4) is 0 Å². The molecule has 0 aromatic heterocycles. The molecule has 0 aliphatic carbocycles. The smallest absolute Gasteiger partial charge is 0.198 e. The molecule has 0 amide bonds. The van der Waals surface area contributed by atoms with E-state index in [4.69, 9.17) is 0 Å². The molecule has 0 heterocycles. The van der Waals surface area contributed by atoms with E-state index in [9.17, 15) is 9.59 Å². The zero-order valence-electron chi connectivity index (χ0n) is 8.93. The number of rotatable bonds is 7. The van der Waals surface area contributed by atoms with Gasteiger partial charge in [-0.05, 0) is 18.8 Å². The van der Waals surface area contributed by atoms with Gasteiger partial charge in [-0.1, -0.05) is 27.2 Å². The Kier molecular flexibility index (Phi) is 6.47. The summed E-state index contributed by atoms with van der Waals surface area (Å²) < 4.78 is 0. The lowest BCUT2D eigenvalue weighted by atomic mass is 9.99. The largest absolute Gasteiger partial charge is 0.291 e. The Hall–Kier alpha value is -0.660. The standard InChI is InChI=1S/C11H20O2/c1-4-6-10(12)11(13)8-7-9(3)5-2/h9H,4-8H2,1-3H3. The summed E-state index contributed by atoms with van der Waals surface area (Å²) in [6.07, 6.45) is 3.56. The number of Topliss-reactive ketones (excluding diaryl/α,β-unsaturated/α-hetero) is 2. The van der Waals surface area contributed by atoms with E-state index in [1.54, 1.807) is 0 Å². The number of carbonyl (C=O) groups excluding carboxylic acids is 2. The van der Waals surface area contributed by atoms with Gasteiger partial charge in [-0.15, -0.1) is 0 Å². The predicted molar refractivity (Wildman–Crippen MR) is 53.6 cm³/mol. The van der Waals surface area contributed by atoms with E-state index in [0.717, 1.165) is 19.3 Å². The second-order valence-electron chi connectivity index (χ2n) is 3.65. The van der Waals surface area contributed by atoms with Gasteiger partial charge in [-0.3, -0.25) is 9.59 Å². The summed E-state index contributed by atoms with van der Waals surface area (Å²) in [5.74, 6) is 0.186. The molecule has 0 radical (unpaired) electrons. The van der Waals surface area contributed by atoms with Crippen molar-refractivity contribution in [3.63, 3.8) is 0 Å². The van der Waals surface area contributed by atoms with Crippen LogP contribution in [0, 0.1) is 5.92 Å². The van der Waals surface area contributed by atoms with Crippen molar-refractivity contribution in [1.29, 1.82) is 0 Å². The Morgan fingerprint density at radius 2 is 1.62 bits per heavy atom. The summed E-state index contributed by atoms with van der Waals surface area (Å²) in [5.41, 5.74) is 0. The van der Waals surface area contributed by atoms with Crippen LogP contribution < -0.4 is 0 Å². The monoisotopic (exact) mass is 184 g/mol. The topological polar surface area (TPSA) is 34.1 Å². The van der Waals surface area contributed by atoms with Crippen molar-refractivity contribution in [2.75, 3.05) is 0 Å². The molecule has 0 aliphatic heterocycles. The fourth-order valence-corrected chi connectivity index (χ4v) is 1.09. The first-order chi connectivity index (χ1) is 6.11. The lowest BCUT2D eigenvalue weighted by molar-refractivity contribution is -0.136. The maximum Gasteiger partial charge on any atom is 0.198 e. The molecule has 1 atom stereocenters. The first kappa shape index (κ1) is 12.3. The number of hydrogen-bond acceptors (Lipinski definition) is 2. The molecule has 0 fully saturated rings. The molecule has 1 unspecified atom stereocenters. The fraction of sp³-hybridized carbons (Fsp3) is 0.818. The van der Waals surface area contributed by atoms with E-state index < -0.39 is 0 Å². The van der Waals surface area contributed by atoms with Crippen LogP contribution in [0.4, 0.5) is 0 Å². The Morgan fingerprint density at radius 3 is 2.08 bits per heavy atom. The molecule has 76 valence electrons.